The number of aliphatic carboxylic acids is 1. The monoisotopic (exact) mass is 603 g/mol. The molecule has 0 aliphatic rings. The minimum Gasteiger partial charge on any atom is -0.871 e. The molecule has 0 bridgehead atoms. The van der Waals surface area contributed by atoms with Crippen molar-refractivity contribution in [2.24, 2.45) is 10.8 Å². The number of hydrogen-bond donors (Lipinski definition) is 5. The van der Waals surface area contributed by atoms with Crippen LogP contribution in [0.2, 0.25) is 0 Å². The molecule has 1 atom stereocenters. The van der Waals surface area contributed by atoms with E-state index in [9.17, 15) is 19.3 Å². The van der Waals surface area contributed by atoms with E-state index in [4.69, 9.17) is 26.2 Å². The van der Waals surface area contributed by atoms with E-state index in [-0.39, 0.29) is 44.4 Å². The molecule has 0 radical (unpaired) electrons. The predicted molar refractivity (Wildman–Crippen MR) is 123 cm³/mol. The molecular weight excluding hydrogens is 579 g/mol. The first-order chi connectivity index (χ1) is 15.0. The number of rotatable bonds is 13. The largest absolute Gasteiger partial charge is 1.00 e. The van der Waals surface area contributed by atoms with Gasteiger partial charge in [0.15, 0.2) is 0 Å². The Hall–Kier alpha value is -1.15. The number of halogens is 1. The van der Waals surface area contributed by atoms with Gasteiger partial charge in [0.2, 0.25) is 0 Å². The van der Waals surface area contributed by atoms with Crippen LogP contribution in [0.3, 0.4) is 0 Å². The number of benzene rings is 1. The minimum absolute atomic E-state index is 0. The molecule has 0 spiro atoms. The van der Waals surface area contributed by atoms with Gasteiger partial charge in [0, 0.05) is 20.6 Å². The molecule has 33 heavy (non-hydrogen) atoms. The van der Waals surface area contributed by atoms with Crippen molar-refractivity contribution in [3.8, 4) is 5.75 Å². The number of carbonyl (C=O) groups excluding carboxylic acids is 1. The molecule has 0 aliphatic carbocycles. The van der Waals surface area contributed by atoms with Gasteiger partial charge in [-0.25, -0.2) is 0 Å². The van der Waals surface area contributed by atoms with Crippen LogP contribution >= 0.6 is 30.2 Å². The van der Waals surface area contributed by atoms with Crippen LogP contribution in [-0.2, 0) is 9.36 Å². The topological polar surface area (TPSA) is 222 Å². The molecule has 1 aromatic carbocycles. The molecule has 1 aromatic rings. The van der Waals surface area contributed by atoms with Gasteiger partial charge < -0.3 is 31.1 Å². The van der Waals surface area contributed by atoms with Crippen LogP contribution in [0.15, 0.2) is 28.9 Å². The van der Waals surface area contributed by atoms with E-state index in [0.717, 1.165) is 6.08 Å². The average molecular weight is 603 g/mol. The Labute approximate surface area is 226 Å². The van der Waals surface area contributed by atoms with E-state index in [1.165, 1.54) is 12.1 Å². The fourth-order valence-corrected chi connectivity index (χ4v) is 4.15. The fourth-order valence-electron chi connectivity index (χ4n) is 2.78. The third-order valence-corrected chi connectivity index (χ3v) is 6.15. The molecule has 6 N–H and O–H groups in total. The molecule has 0 saturated carbocycles. The zero-order valence-electron chi connectivity index (χ0n) is 18.0. The van der Waals surface area contributed by atoms with E-state index in [1.807, 2.05) is 0 Å². The van der Waals surface area contributed by atoms with Gasteiger partial charge in [-0.05, 0) is 53.5 Å². The summed E-state index contributed by atoms with van der Waals surface area (Å²) in [6.07, 6.45) is 3.48. The van der Waals surface area contributed by atoms with Crippen molar-refractivity contribution in [2.45, 2.75) is 38.1 Å². The van der Waals surface area contributed by atoms with Crippen molar-refractivity contribution in [2.75, 3.05) is 12.7 Å². The summed E-state index contributed by atoms with van der Waals surface area (Å²) in [5.74, 6) is -2.33. The summed E-state index contributed by atoms with van der Waals surface area (Å²) in [5.41, 5.74) is 14.3. The zero-order valence-corrected chi connectivity index (χ0v) is 23.0. The van der Waals surface area contributed by atoms with E-state index in [2.05, 4.69) is 15.3 Å². The first-order valence-electron chi connectivity index (χ1n) is 9.51. The second-order valence-electron chi connectivity index (χ2n) is 6.90. The maximum atomic E-state index is 12.2. The number of azide groups is 1. The summed E-state index contributed by atoms with van der Waals surface area (Å²) >= 11 is 1.72. The van der Waals surface area contributed by atoms with Gasteiger partial charge in [0.25, 0.3) is 5.91 Å². The average Bonchev–Trinajstić information content (AvgIpc) is 2.69. The summed E-state index contributed by atoms with van der Waals surface area (Å²) in [6, 6.07) is 1.37. The molecule has 1 amide bonds. The maximum Gasteiger partial charge on any atom is 1.00 e. The van der Waals surface area contributed by atoms with Gasteiger partial charge in [-0.15, -0.1) is 0 Å². The van der Waals surface area contributed by atoms with Crippen LogP contribution in [0, 0.1) is 3.57 Å². The fraction of sp³-hybridized carbons (Fsp3) is 0.444. The number of nitrogens with zero attached hydrogens (tertiary/aromatic N) is 3. The number of unbranched alkanes of at least 4 members (excludes halogenated alkanes) is 3. The van der Waals surface area contributed by atoms with Gasteiger partial charge in [-0.2, -0.15) is 0 Å². The first kappa shape index (κ1) is 31.9. The molecule has 0 heterocycles. The van der Waals surface area contributed by atoms with Crippen LogP contribution in [0.25, 0.3) is 10.4 Å². The Morgan fingerprint density at radius 2 is 1.94 bits per heavy atom. The number of carboxylic acid groups (broad SMARTS) is 1. The summed E-state index contributed by atoms with van der Waals surface area (Å²) in [4.78, 5) is 43.9. The minimum atomic E-state index is -4.34. The summed E-state index contributed by atoms with van der Waals surface area (Å²) in [5, 5.41) is 27.1. The third-order valence-electron chi connectivity index (χ3n) is 4.29. The molecule has 1 rings (SSSR count). The van der Waals surface area contributed by atoms with Crippen LogP contribution in [0.5, 0.6) is 5.75 Å². The Kier molecular flexibility index (Phi) is 15.1. The van der Waals surface area contributed by atoms with Crippen molar-refractivity contribution in [3.05, 3.63) is 43.4 Å². The van der Waals surface area contributed by atoms with Crippen LogP contribution in [0.1, 0.15) is 42.5 Å². The number of carboxylic acids is 1. The van der Waals surface area contributed by atoms with E-state index >= 15 is 0 Å². The number of nitrogens with one attached hydrogen (secondary N) is 1. The number of hydrogen-bond acceptors (Lipinski definition) is 6. The van der Waals surface area contributed by atoms with E-state index < -0.39 is 37.4 Å². The molecule has 0 fully saturated rings. The molecule has 15 heteroatoms. The third kappa shape index (κ3) is 12.2. The van der Waals surface area contributed by atoms with Crippen molar-refractivity contribution >= 4 is 47.8 Å². The normalized spacial score (nSPS) is 12.3. The van der Waals surface area contributed by atoms with Crippen molar-refractivity contribution in [1.82, 2.24) is 5.32 Å². The van der Waals surface area contributed by atoms with E-state index in [0.29, 0.717) is 44.2 Å². The Balaban J connectivity index is 0.0000102. The molecule has 0 aliphatic heterocycles. The Bertz CT molecular complexity index is 966. The molecule has 176 valence electrons. The number of amides is 1. The van der Waals surface area contributed by atoms with Crippen LogP contribution in [-0.4, -0.2) is 45.5 Å². The number of carbonyl (C=O) groups is 2. The quantitative estimate of drug-likeness (QED) is 0.0289. The standard InChI is InChI=1S/C18H25IN5O7P.Na/c19-15-14(23-24-21)7-6-12(16(15)25)17(26)22-8-4-2-1-3-5-11(10-32(29,30)31)9-13(20)18(27)28;/h6-7,9,13,25H,1-5,8,10,20H2,(H,22,26)(H,27,28)(H2,29,30,31);/q;+1/p-1/b11-9+;. The predicted octanol–water partition coefficient (Wildman–Crippen LogP) is -0.493. The molecule has 0 saturated heterocycles. The van der Waals surface area contributed by atoms with Gasteiger partial charge in [0.05, 0.1) is 11.8 Å². The van der Waals surface area contributed by atoms with Gasteiger partial charge in [-0.1, -0.05) is 41.4 Å². The van der Waals surface area contributed by atoms with Crippen molar-refractivity contribution in [3.63, 3.8) is 0 Å². The SMILES string of the molecule is [N-]=[N+]=Nc1ccc(C(=O)NCCCCCC/C(=C\C(N)C(=O)O)CP(=O)(O)O)c([O-])c1I.[Na+]. The van der Waals surface area contributed by atoms with Crippen molar-refractivity contribution in [1.29, 1.82) is 0 Å². The van der Waals surface area contributed by atoms with Gasteiger partial charge in [-0.3, -0.25) is 14.2 Å². The van der Waals surface area contributed by atoms with Crippen molar-refractivity contribution < 1.29 is 63.7 Å². The van der Waals surface area contributed by atoms with E-state index in [1.54, 1.807) is 22.6 Å². The molecule has 0 aromatic heterocycles. The smallest absolute Gasteiger partial charge is 0.871 e. The summed E-state index contributed by atoms with van der Waals surface area (Å²) in [6.45, 7) is 0.321. The number of allylic oxidation sites excluding steroid dienone is 1. The zero-order chi connectivity index (χ0) is 24.3. The molecule has 1 unspecified atom stereocenters. The molecular formula is C18H24IN5NaO7P. The number of nitrogens with two attached hydrogens (primary N) is 1. The van der Waals surface area contributed by atoms with Crippen LogP contribution in [0.4, 0.5) is 5.69 Å². The van der Waals surface area contributed by atoms with Gasteiger partial charge >= 0.3 is 43.1 Å². The molecule has 12 nitrogen and oxygen atoms in total. The maximum absolute atomic E-state index is 12.2. The second-order valence-corrected chi connectivity index (χ2v) is 9.62. The summed E-state index contributed by atoms with van der Waals surface area (Å²) < 4.78 is 11.4. The Morgan fingerprint density at radius 3 is 2.52 bits per heavy atom. The Morgan fingerprint density at radius 1 is 1.30 bits per heavy atom. The first-order valence-corrected chi connectivity index (χ1v) is 12.4. The van der Waals surface area contributed by atoms with Crippen LogP contribution < -0.4 is 45.7 Å². The van der Waals surface area contributed by atoms with Gasteiger partial charge in [0.1, 0.15) is 6.04 Å². The second kappa shape index (κ2) is 15.7. The summed E-state index contributed by atoms with van der Waals surface area (Å²) in [7, 11) is -4.34.